The van der Waals surface area contributed by atoms with Gasteiger partial charge in [-0.05, 0) is 36.1 Å². The number of nitrogens with zero attached hydrogens (tertiary/aromatic N) is 4. The van der Waals surface area contributed by atoms with Crippen molar-refractivity contribution in [1.29, 1.82) is 0 Å². The Labute approximate surface area is 225 Å². The van der Waals surface area contributed by atoms with E-state index in [0.717, 1.165) is 40.1 Å². The van der Waals surface area contributed by atoms with Gasteiger partial charge in [0.15, 0.2) is 0 Å². The fraction of sp³-hybridized carbons (Fsp3) is 0.310. The minimum atomic E-state index is -0.285. The number of aromatic nitrogens is 3. The summed E-state index contributed by atoms with van der Waals surface area (Å²) in [7, 11) is 0. The van der Waals surface area contributed by atoms with E-state index in [1.807, 2.05) is 42.6 Å². The Bertz CT molecular complexity index is 1460. The normalized spacial score (nSPS) is 15.6. The number of benzene rings is 2. The lowest BCUT2D eigenvalue weighted by molar-refractivity contribution is 0.0555. The molecule has 0 bridgehead atoms. The Hall–Kier alpha value is -3.91. The molecule has 1 aliphatic carbocycles. The van der Waals surface area contributed by atoms with Crippen LogP contribution in [0.4, 0.5) is 4.79 Å². The molecule has 38 heavy (non-hydrogen) atoms. The number of carbonyl (C=O) groups excluding carboxylic acids is 2. The molecule has 2 aromatic carbocycles. The van der Waals surface area contributed by atoms with Crippen molar-refractivity contribution in [2.75, 3.05) is 32.8 Å². The number of amides is 2. The molecule has 1 N–H and O–H groups in total. The lowest BCUT2D eigenvalue weighted by Crippen LogP contribution is -2.50. The van der Waals surface area contributed by atoms with E-state index < -0.39 is 0 Å². The average molecular weight is 530 g/mol. The first-order chi connectivity index (χ1) is 18.5. The Morgan fingerprint density at radius 3 is 2.39 bits per heavy atom. The third-order valence-corrected chi connectivity index (χ3v) is 7.60. The highest BCUT2D eigenvalue weighted by Gasteiger charge is 2.27. The zero-order valence-corrected chi connectivity index (χ0v) is 21.7. The molecule has 2 aliphatic rings. The van der Waals surface area contributed by atoms with Crippen molar-refractivity contribution in [3.63, 3.8) is 0 Å². The number of nitrogens with one attached hydrogen (secondary N) is 1. The largest absolute Gasteiger partial charge is 0.449 e. The molecule has 9 heteroatoms. The summed E-state index contributed by atoms with van der Waals surface area (Å²) in [5.41, 5.74) is 4.94. The van der Waals surface area contributed by atoms with Crippen LogP contribution < -0.4 is 0 Å². The van der Waals surface area contributed by atoms with E-state index in [4.69, 9.17) is 21.3 Å². The number of ether oxygens (including phenoxy) is 1. The summed E-state index contributed by atoms with van der Waals surface area (Å²) in [6.45, 7) is 2.33. The third-order valence-electron chi connectivity index (χ3n) is 7.29. The van der Waals surface area contributed by atoms with Gasteiger partial charge in [0.25, 0.3) is 5.91 Å². The zero-order valence-electron chi connectivity index (χ0n) is 20.9. The first-order valence-corrected chi connectivity index (χ1v) is 13.3. The number of aromatic amines is 1. The van der Waals surface area contributed by atoms with Crippen molar-refractivity contribution in [2.45, 2.75) is 19.3 Å². The quantitative estimate of drug-likeness (QED) is 0.349. The highest BCUT2D eigenvalue weighted by molar-refractivity contribution is 6.35. The topological polar surface area (TPSA) is 91.4 Å². The van der Waals surface area contributed by atoms with Gasteiger partial charge in [-0.25, -0.2) is 9.78 Å². The molecule has 2 fully saturated rings. The molecule has 4 aromatic rings. The van der Waals surface area contributed by atoms with Crippen molar-refractivity contribution in [2.24, 2.45) is 5.92 Å². The summed E-state index contributed by atoms with van der Waals surface area (Å²) < 4.78 is 5.40. The Kier molecular flexibility index (Phi) is 6.72. The fourth-order valence-corrected chi connectivity index (χ4v) is 5.06. The molecule has 0 radical (unpaired) electrons. The Morgan fingerprint density at radius 2 is 1.68 bits per heavy atom. The zero-order chi connectivity index (χ0) is 26.1. The first kappa shape index (κ1) is 24.4. The molecular weight excluding hydrogens is 502 g/mol. The summed E-state index contributed by atoms with van der Waals surface area (Å²) >= 11 is 6.61. The van der Waals surface area contributed by atoms with Gasteiger partial charge in [-0.3, -0.25) is 9.89 Å². The highest BCUT2D eigenvalue weighted by atomic mass is 35.5. The maximum atomic E-state index is 13.3. The van der Waals surface area contributed by atoms with E-state index in [9.17, 15) is 9.59 Å². The van der Waals surface area contributed by atoms with Crippen molar-refractivity contribution >= 4 is 34.5 Å². The second-order valence-corrected chi connectivity index (χ2v) is 10.3. The predicted octanol–water partition coefficient (Wildman–Crippen LogP) is 5.64. The van der Waals surface area contributed by atoms with Crippen molar-refractivity contribution < 1.29 is 14.3 Å². The third kappa shape index (κ3) is 5.22. The van der Waals surface area contributed by atoms with Crippen LogP contribution in [0.15, 0.2) is 60.9 Å². The van der Waals surface area contributed by atoms with Gasteiger partial charge in [0.05, 0.1) is 29.0 Å². The highest BCUT2D eigenvalue weighted by Crippen LogP contribution is 2.32. The van der Waals surface area contributed by atoms with Crippen molar-refractivity contribution in [3.8, 4) is 22.4 Å². The molecule has 6 rings (SSSR count). The maximum absolute atomic E-state index is 13.3. The lowest BCUT2D eigenvalue weighted by atomic mass is 10.0. The van der Waals surface area contributed by atoms with Gasteiger partial charge < -0.3 is 14.5 Å². The van der Waals surface area contributed by atoms with Crippen LogP contribution in [-0.2, 0) is 4.74 Å². The molecule has 3 heterocycles. The fourth-order valence-electron chi connectivity index (χ4n) is 4.79. The molecule has 1 aliphatic heterocycles. The van der Waals surface area contributed by atoms with Crippen LogP contribution in [0.25, 0.3) is 33.3 Å². The SMILES string of the molecule is O=C(OCCC1CC1)N1CCN(C(=O)c2ccc3c(Cl)cc(-c4ccc(-c5cn[nH]c5)cc4)nc3c2)CC1. The number of pyridine rings is 1. The minimum absolute atomic E-state index is 0.0820. The molecule has 2 amide bonds. The molecule has 1 saturated heterocycles. The van der Waals surface area contributed by atoms with E-state index in [0.29, 0.717) is 48.9 Å². The molecule has 194 valence electrons. The van der Waals surface area contributed by atoms with Crippen molar-refractivity contribution in [3.05, 3.63) is 71.5 Å². The summed E-state index contributed by atoms with van der Waals surface area (Å²) in [6, 6.07) is 15.3. The predicted molar refractivity (Wildman–Crippen MR) is 146 cm³/mol. The van der Waals surface area contributed by atoms with Gasteiger partial charge >= 0.3 is 6.09 Å². The van der Waals surface area contributed by atoms with Gasteiger partial charge in [-0.15, -0.1) is 0 Å². The monoisotopic (exact) mass is 529 g/mol. The Morgan fingerprint density at radius 1 is 0.947 bits per heavy atom. The average Bonchev–Trinajstić information content (AvgIpc) is 3.61. The summed E-state index contributed by atoms with van der Waals surface area (Å²) in [6.07, 6.45) is 6.78. The van der Waals surface area contributed by atoms with Crippen LogP contribution in [0.3, 0.4) is 0 Å². The van der Waals surface area contributed by atoms with Crippen molar-refractivity contribution in [1.82, 2.24) is 25.0 Å². The van der Waals surface area contributed by atoms with E-state index in [-0.39, 0.29) is 12.0 Å². The van der Waals surface area contributed by atoms with Gasteiger partial charge in [0.1, 0.15) is 0 Å². The van der Waals surface area contributed by atoms with Crippen LogP contribution in [0.5, 0.6) is 0 Å². The number of H-pyrrole nitrogens is 1. The lowest BCUT2D eigenvalue weighted by Gasteiger charge is -2.34. The molecule has 0 unspecified atom stereocenters. The number of carbonyl (C=O) groups is 2. The number of hydrogen-bond acceptors (Lipinski definition) is 5. The number of hydrogen-bond donors (Lipinski definition) is 1. The molecule has 8 nitrogen and oxygen atoms in total. The van der Waals surface area contributed by atoms with Crippen LogP contribution in [0, 0.1) is 5.92 Å². The van der Waals surface area contributed by atoms with Crippen LogP contribution in [0.1, 0.15) is 29.6 Å². The van der Waals surface area contributed by atoms with Crippen LogP contribution in [-0.4, -0.2) is 69.8 Å². The van der Waals surface area contributed by atoms with Gasteiger partial charge in [0, 0.05) is 54.5 Å². The smallest absolute Gasteiger partial charge is 0.409 e. The van der Waals surface area contributed by atoms with Gasteiger partial charge in [-0.2, -0.15) is 5.10 Å². The second-order valence-electron chi connectivity index (χ2n) is 9.91. The number of piperazine rings is 1. The molecular formula is C29H28ClN5O3. The molecule has 0 atom stereocenters. The number of halogens is 1. The van der Waals surface area contributed by atoms with Gasteiger partial charge in [0.2, 0.25) is 0 Å². The van der Waals surface area contributed by atoms with Crippen LogP contribution in [0.2, 0.25) is 5.02 Å². The summed E-state index contributed by atoms with van der Waals surface area (Å²) in [5, 5.41) is 8.20. The summed E-state index contributed by atoms with van der Waals surface area (Å²) in [4.78, 5) is 33.9. The first-order valence-electron chi connectivity index (χ1n) is 13.0. The summed E-state index contributed by atoms with van der Waals surface area (Å²) in [5.74, 6) is 0.648. The van der Waals surface area contributed by atoms with Crippen LogP contribution >= 0.6 is 11.6 Å². The van der Waals surface area contributed by atoms with E-state index in [1.165, 1.54) is 12.8 Å². The molecule has 0 spiro atoms. The standard InChI is InChI=1S/C29H28ClN5O3/c30-25-16-26(21-5-3-20(4-6-21)23-17-31-32-18-23)33-27-15-22(7-8-24(25)27)28(36)34-10-12-35(13-11-34)29(37)38-14-9-19-1-2-19/h3-8,15-19H,1-2,9-14H2,(H,31,32). The number of fused-ring (bicyclic) bond motifs is 1. The van der Waals surface area contributed by atoms with E-state index in [1.54, 1.807) is 28.1 Å². The molecule has 1 saturated carbocycles. The second kappa shape index (κ2) is 10.5. The molecule has 2 aromatic heterocycles. The van der Waals surface area contributed by atoms with E-state index >= 15 is 0 Å². The maximum Gasteiger partial charge on any atom is 0.409 e. The van der Waals surface area contributed by atoms with Gasteiger partial charge in [-0.1, -0.05) is 54.8 Å². The number of rotatable bonds is 6. The van der Waals surface area contributed by atoms with E-state index in [2.05, 4.69) is 10.2 Å². The Balaban J connectivity index is 1.14. The minimum Gasteiger partial charge on any atom is -0.449 e.